The number of esters is 2. The summed E-state index contributed by atoms with van der Waals surface area (Å²) in [5.74, 6) is -2.00. The van der Waals surface area contributed by atoms with Crippen LogP contribution in [0.4, 0.5) is 0 Å². The monoisotopic (exact) mass is 1220 g/mol. The van der Waals surface area contributed by atoms with Crippen LogP contribution in [0.3, 0.4) is 0 Å². The highest BCUT2D eigenvalue weighted by molar-refractivity contribution is 5.71. The number of aliphatic carboxylic acids is 1. The van der Waals surface area contributed by atoms with E-state index in [9.17, 15) is 19.5 Å². The van der Waals surface area contributed by atoms with E-state index in [0.29, 0.717) is 17.4 Å². The lowest BCUT2D eigenvalue weighted by Gasteiger charge is -2.25. The summed E-state index contributed by atoms with van der Waals surface area (Å²) in [4.78, 5) is 37.7. The lowest BCUT2D eigenvalue weighted by molar-refractivity contribution is -0.870. The van der Waals surface area contributed by atoms with Crippen molar-refractivity contribution in [2.24, 2.45) is 0 Å². The molecule has 500 valence electrons. The Balaban J connectivity index is 4.08. The molecule has 2 atom stereocenters. The Morgan fingerprint density at radius 2 is 0.621 bits per heavy atom. The van der Waals surface area contributed by atoms with Crippen LogP contribution >= 0.6 is 0 Å². The molecule has 0 aliphatic carbocycles. The summed E-state index contributed by atoms with van der Waals surface area (Å²) < 4.78 is 23.0. The molecule has 0 saturated heterocycles. The summed E-state index contributed by atoms with van der Waals surface area (Å²) in [5.41, 5.74) is 0. The maximum Gasteiger partial charge on any atom is 0.361 e. The Kier molecular flexibility index (Phi) is 64.7. The fourth-order valence-electron chi connectivity index (χ4n) is 10.1. The molecule has 0 radical (unpaired) electrons. The van der Waals surface area contributed by atoms with Gasteiger partial charge in [-0.25, -0.2) is 4.79 Å². The second kappa shape index (κ2) is 67.9. The molecule has 9 nitrogen and oxygen atoms in total. The fraction of sp³-hybridized carbons (Fsp3) is 0.731. The van der Waals surface area contributed by atoms with Crippen LogP contribution in [0, 0.1) is 0 Å². The normalized spacial score (nSPS) is 13.3. The summed E-state index contributed by atoms with van der Waals surface area (Å²) in [7, 11) is 5.98. The van der Waals surface area contributed by atoms with Gasteiger partial charge in [-0.05, 0) is 96.3 Å². The molecule has 0 bridgehead atoms. The summed E-state index contributed by atoms with van der Waals surface area (Å²) in [6.07, 6.45) is 92.1. The predicted octanol–water partition coefficient (Wildman–Crippen LogP) is 22.6. The van der Waals surface area contributed by atoms with Gasteiger partial charge < -0.3 is 28.5 Å². The summed E-state index contributed by atoms with van der Waals surface area (Å²) in [6.45, 7) is 4.68. The van der Waals surface area contributed by atoms with Crippen LogP contribution in [-0.4, -0.2) is 87.4 Å². The van der Waals surface area contributed by atoms with Crippen molar-refractivity contribution in [3.63, 3.8) is 0 Å². The molecule has 0 heterocycles. The summed E-state index contributed by atoms with van der Waals surface area (Å²) in [6, 6.07) is 0. The van der Waals surface area contributed by atoms with Crippen molar-refractivity contribution >= 4 is 17.9 Å². The van der Waals surface area contributed by atoms with Gasteiger partial charge in [0.25, 0.3) is 6.29 Å². The third-order valence-electron chi connectivity index (χ3n) is 15.5. The number of carbonyl (C=O) groups excluding carboxylic acids is 2. The topological polar surface area (TPSA) is 108 Å². The van der Waals surface area contributed by atoms with E-state index < -0.39 is 24.3 Å². The number of likely N-dealkylation sites (N-methyl/N-ethyl adjacent to an activating group) is 1. The number of hydrogen-bond donors (Lipinski definition) is 1. The average Bonchev–Trinajstić information content (AvgIpc) is 3.57. The molecule has 2 unspecified atom stereocenters. The van der Waals surface area contributed by atoms with E-state index in [1.165, 1.54) is 186 Å². The third-order valence-corrected chi connectivity index (χ3v) is 15.5. The molecule has 0 amide bonds. The van der Waals surface area contributed by atoms with Crippen molar-refractivity contribution in [1.82, 2.24) is 0 Å². The number of hydrogen-bond acceptors (Lipinski definition) is 7. The number of quaternary nitrogens is 1. The minimum absolute atomic E-state index is 0.184. The van der Waals surface area contributed by atoms with Crippen molar-refractivity contribution in [3.05, 3.63) is 109 Å². The predicted molar refractivity (Wildman–Crippen MR) is 373 cm³/mol. The molecule has 9 heteroatoms. The first kappa shape index (κ1) is 83.0. The smallest absolute Gasteiger partial charge is 0.361 e. The number of ether oxygens (including phenoxy) is 4. The summed E-state index contributed by atoms with van der Waals surface area (Å²) in [5, 5.41) is 9.76. The fourth-order valence-corrected chi connectivity index (χ4v) is 10.1. The standard InChI is InChI=1S/C78H135NO8/c1-6-8-10-12-14-16-18-20-22-24-26-28-30-32-34-36-37-38-39-41-42-44-46-48-50-52-54-56-58-60-62-64-66-68-75(80)85-72-74(73-86-78(77(82)83)84-71-70-79(3,4)5)87-76(81)69-67-65-63-61-59-57-55-53-51-49-47-45-43-40-35-33-31-29-27-25-23-21-19-17-15-13-11-9-7-2/h8-11,14-17,20-23,26-29,33,35,74,78H,6-7,12-13,18-19,24-25,30-32,34,36-73H2,1-5H3/p+1/b10-8-,11-9-,16-14-,17-15-,22-20-,23-21-,28-26-,29-27-,35-33-. The molecule has 0 aromatic heterocycles. The van der Waals surface area contributed by atoms with Crippen molar-refractivity contribution in [2.45, 2.75) is 322 Å². The van der Waals surface area contributed by atoms with Crippen molar-refractivity contribution in [1.29, 1.82) is 0 Å². The summed E-state index contributed by atoms with van der Waals surface area (Å²) >= 11 is 0. The van der Waals surface area contributed by atoms with Crippen LogP contribution in [0.25, 0.3) is 0 Å². The highest BCUT2D eigenvalue weighted by Gasteiger charge is 2.25. The Hall–Kier alpha value is -4.05. The van der Waals surface area contributed by atoms with Crippen molar-refractivity contribution in [2.75, 3.05) is 47.5 Å². The maximum absolute atomic E-state index is 13.0. The number of unbranched alkanes of at least 4 members (excludes halogenated alkanes) is 33. The van der Waals surface area contributed by atoms with E-state index in [1.807, 2.05) is 21.1 Å². The average molecular weight is 1220 g/mol. The minimum atomic E-state index is -1.51. The Morgan fingerprint density at radius 3 is 0.920 bits per heavy atom. The van der Waals surface area contributed by atoms with Crippen LogP contribution in [-0.2, 0) is 33.3 Å². The highest BCUT2D eigenvalue weighted by Crippen LogP contribution is 2.18. The van der Waals surface area contributed by atoms with Crippen molar-refractivity contribution in [3.8, 4) is 0 Å². The van der Waals surface area contributed by atoms with E-state index in [0.717, 1.165) is 96.3 Å². The Labute approximate surface area is 536 Å². The van der Waals surface area contributed by atoms with E-state index >= 15 is 0 Å². The number of allylic oxidation sites excluding steroid dienone is 18. The number of carboxylic acids is 1. The lowest BCUT2D eigenvalue weighted by atomic mass is 10.0. The van der Waals surface area contributed by atoms with Gasteiger partial charge >= 0.3 is 17.9 Å². The molecule has 0 saturated carbocycles. The molecular formula is C78H136NO8+. The zero-order chi connectivity index (χ0) is 63.3. The highest BCUT2D eigenvalue weighted by atomic mass is 16.7. The molecule has 1 N–H and O–H groups in total. The molecule has 0 aliphatic heterocycles. The van der Waals surface area contributed by atoms with Crippen LogP contribution in [0.15, 0.2) is 109 Å². The van der Waals surface area contributed by atoms with Crippen LogP contribution in [0.2, 0.25) is 0 Å². The van der Waals surface area contributed by atoms with Crippen LogP contribution in [0.5, 0.6) is 0 Å². The van der Waals surface area contributed by atoms with Crippen LogP contribution < -0.4 is 0 Å². The van der Waals surface area contributed by atoms with Gasteiger partial charge in [-0.3, -0.25) is 9.59 Å². The minimum Gasteiger partial charge on any atom is -0.477 e. The second-order valence-corrected chi connectivity index (χ2v) is 25.1. The van der Waals surface area contributed by atoms with Crippen LogP contribution in [0.1, 0.15) is 309 Å². The first-order chi connectivity index (χ1) is 42.6. The Morgan fingerprint density at radius 1 is 0.345 bits per heavy atom. The zero-order valence-electron chi connectivity index (χ0n) is 57.2. The first-order valence-electron chi connectivity index (χ1n) is 36.1. The molecule has 0 rings (SSSR count). The van der Waals surface area contributed by atoms with Gasteiger partial charge in [0.05, 0.1) is 34.4 Å². The molecule has 87 heavy (non-hydrogen) atoms. The molecule has 0 aromatic carbocycles. The molecule has 0 aromatic rings. The van der Waals surface area contributed by atoms with E-state index in [4.69, 9.17) is 18.9 Å². The van der Waals surface area contributed by atoms with Gasteiger partial charge in [0.1, 0.15) is 13.2 Å². The number of carbonyl (C=O) groups is 3. The third kappa shape index (κ3) is 69.3. The molecule has 0 aliphatic rings. The maximum atomic E-state index is 13.0. The van der Waals surface area contributed by atoms with E-state index in [2.05, 4.69) is 123 Å². The van der Waals surface area contributed by atoms with Gasteiger partial charge in [-0.1, -0.05) is 309 Å². The number of carboxylic acid groups (broad SMARTS) is 1. The molecular weight excluding hydrogens is 1080 g/mol. The van der Waals surface area contributed by atoms with Gasteiger partial charge in [-0.15, -0.1) is 0 Å². The quantitative estimate of drug-likeness (QED) is 0.0211. The van der Waals surface area contributed by atoms with Gasteiger partial charge in [-0.2, -0.15) is 0 Å². The van der Waals surface area contributed by atoms with E-state index in [1.54, 1.807) is 0 Å². The van der Waals surface area contributed by atoms with Crippen molar-refractivity contribution < 1.29 is 42.9 Å². The molecule has 0 spiro atoms. The second-order valence-electron chi connectivity index (χ2n) is 25.1. The first-order valence-corrected chi connectivity index (χ1v) is 36.1. The van der Waals surface area contributed by atoms with Gasteiger partial charge in [0, 0.05) is 12.8 Å². The van der Waals surface area contributed by atoms with E-state index in [-0.39, 0.29) is 32.2 Å². The number of nitrogens with zero attached hydrogens (tertiary/aromatic N) is 1. The Bertz CT molecular complexity index is 1800. The van der Waals surface area contributed by atoms with Gasteiger partial charge in [0.2, 0.25) is 0 Å². The molecule has 0 fully saturated rings. The zero-order valence-corrected chi connectivity index (χ0v) is 57.2. The lowest BCUT2D eigenvalue weighted by Crippen LogP contribution is -2.40. The SMILES string of the molecule is CC/C=C\C/C=C\C/C=C\C/C=C\C/C=C\CCCCCCCCCCCCCCCC(=O)OC(COC(=O)CCCCCCCCCCCCCCCCCCCCCC/C=C\C/C=C\C/C=C\C/C=C\CC)COC(OCC[N+](C)(C)C)C(=O)O. The largest absolute Gasteiger partial charge is 0.477 e. The number of rotatable bonds is 66. The van der Waals surface area contributed by atoms with Gasteiger partial charge in [0.15, 0.2) is 6.10 Å².